The normalized spacial score (nSPS) is 10.0. The van der Waals surface area contributed by atoms with E-state index in [1.807, 2.05) is 18.2 Å². The molecule has 0 atom stereocenters. The molecule has 0 fully saturated rings. The van der Waals surface area contributed by atoms with Crippen LogP contribution in [0.4, 0.5) is 5.69 Å². The second-order valence-electron chi connectivity index (χ2n) is 3.12. The van der Waals surface area contributed by atoms with Gasteiger partial charge in [-0.1, -0.05) is 31.5 Å². The van der Waals surface area contributed by atoms with E-state index in [1.165, 1.54) is 5.56 Å². The van der Waals surface area contributed by atoms with Crippen LogP contribution in [0.1, 0.15) is 25.3 Å². The predicted octanol–water partition coefficient (Wildman–Crippen LogP) is 3.14. The minimum Gasteiger partial charge on any atom is -0.276 e. The molecule has 0 aliphatic rings. The Balaban J connectivity index is 2.32. The van der Waals surface area contributed by atoms with Crippen LogP contribution in [0.15, 0.2) is 24.3 Å². The van der Waals surface area contributed by atoms with Crippen LogP contribution in [0.2, 0.25) is 0 Å². The molecule has 0 heterocycles. The lowest BCUT2D eigenvalue weighted by atomic mass is 10.2. The van der Waals surface area contributed by atoms with Crippen molar-refractivity contribution in [3.63, 3.8) is 0 Å². The van der Waals surface area contributed by atoms with Gasteiger partial charge in [0.15, 0.2) is 0 Å². The molecule has 13 heavy (non-hydrogen) atoms. The van der Waals surface area contributed by atoms with Gasteiger partial charge in [-0.15, -0.1) is 0 Å². The standard InChI is InChI=1S/C11H17NO/c1-3-4-9-13-12-11-8-6-5-7-10(11)2/h5-8,12H,3-4,9H2,1-2H3. The first kappa shape index (κ1) is 10.1. The summed E-state index contributed by atoms with van der Waals surface area (Å²) in [6.45, 7) is 4.98. The third-order valence-electron chi connectivity index (χ3n) is 1.93. The lowest BCUT2D eigenvalue weighted by molar-refractivity contribution is 0.189. The van der Waals surface area contributed by atoms with Gasteiger partial charge < -0.3 is 0 Å². The number of nitrogens with one attached hydrogen (secondary N) is 1. The van der Waals surface area contributed by atoms with Crippen molar-refractivity contribution >= 4 is 5.69 Å². The first-order valence-corrected chi connectivity index (χ1v) is 4.78. The average Bonchev–Trinajstić information content (AvgIpc) is 2.15. The van der Waals surface area contributed by atoms with Crippen molar-refractivity contribution in [2.24, 2.45) is 0 Å². The van der Waals surface area contributed by atoms with Crippen molar-refractivity contribution in [1.82, 2.24) is 0 Å². The third kappa shape index (κ3) is 3.47. The SMILES string of the molecule is CCCCONc1ccccc1C. The highest BCUT2D eigenvalue weighted by molar-refractivity contribution is 5.48. The fourth-order valence-electron chi connectivity index (χ4n) is 1.03. The highest BCUT2D eigenvalue weighted by Crippen LogP contribution is 2.12. The van der Waals surface area contributed by atoms with Crippen molar-refractivity contribution in [2.45, 2.75) is 26.7 Å². The summed E-state index contributed by atoms with van der Waals surface area (Å²) in [4.78, 5) is 5.29. The zero-order valence-electron chi connectivity index (χ0n) is 8.34. The van der Waals surface area contributed by atoms with Crippen molar-refractivity contribution in [3.8, 4) is 0 Å². The molecule has 0 aliphatic carbocycles. The van der Waals surface area contributed by atoms with E-state index in [2.05, 4.69) is 25.4 Å². The van der Waals surface area contributed by atoms with E-state index in [0.29, 0.717) is 0 Å². The number of aryl methyl sites for hydroxylation is 1. The van der Waals surface area contributed by atoms with Gasteiger partial charge in [0.25, 0.3) is 0 Å². The van der Waals surface area contributed by atoms with E-state index in [4.69, 9.17) is 4.84 Å². The number of para-hydroxylation sites is 1. The fraction of sp³-hybridized carbons (Fsp3) is 0.455. The third-order valence-corrected chi connectivity index (χ3v) is 1.93. The van der Waals surface area contributed by atoms with Crippen LogP contribution in [0, 0.1) is 6.92 Å². The molecule has 0 spiro atoms. The Bertz CT molecular complexity index is 248. The largest absolute Gasteiger partial charge is 0.276 e. The van der Waals surface area contributed by atoms with Gasteiger partial charge in [-0.25, -0.2) is 0 Å². The molecule has 0 unspecified atom stereocenters. The lowest BCUT2D eigenvalue weighted by Crippen LogP contribution is -2.03. The van der Waals surface area contributed by atoms with E-state index < -0.39 is 0 Å². The van der Waals surface area contributed by atoms with Gasteiger partial charge in [0.05, 0.1) is 12.3 Å². The first-order valence-electron chi connectivity index (χ1n) is 4.78. The van der Waals surface area contributed by atoms with Crippen LogP contribution in [0.3, 0.4) is 0 Å². The minimum atomic E-state index is 0.769. The Morgan fingerprint density at radius 2 is 2.08 bits per heavy atom. The molecule has 0 saturated heterocycles. The van der Waals surface area contributed by atoms with Crippen molar-refractivity contribution in [1.29, 1.82) is 0 Å². The Kier molecular flexibility index (Phi) is 4.33. The zero-order chi connectivity index (χ0) is 9.52. The van der Waals surface area contributed by atoms with Crippen molar-refractivity contribution < 1.29 is 4.84 Å². The van der Waals surface area contributed by atoms with E-state index in [9.17, 15) is 0 Å². The molecule has 1 aromatic carbocycles. The summed E-state index contributed by atoms with van der Waals surface area (Å²) in [6, 6.07) is 8.10. The summed E-state index contributed by atoms with van der Waals surface area (Å²) in [5.74, 6) is 0. The summed E-state index contributed by atoms with van der Waals surface area (Å²) < 4.78 is 0. The minimum absolute atomic E-state index is 0.769. The first-order chi connectivity index (χ1) is 6.34. The van der Waals surface area contributed by atoms with Gasteiger partial charge in [-0.2, -0.15) is 0 Å². The molecule has 0 amide bonds. The van der Waals surface area contributed by atoms with E-state index in [1.54, 1.807) is 0 Å². The maximum atomic E-state index is 5.29. The predicted molar refractivity (Wildman–Crippen MR) is 55.7 cm³/mol. The maximum Gasteiger partial charge on any atom is 0.0745 e. The smallest absolute Gasteiger partial charge is 0.0745 e. The van der Waals surface area contributed by atoms with E-state index in [-0.39, 0.29) is 0 Å². The van der Waals surface area contributed by atoms with Crippen molar-refractivity contribution in [2.75, 3.05) is 12.1 Å². The zero-order valence-corrected chi connectivity index (χ0v) is 8.34. The highest BCUT2D eigenvalue weighted by atomic mass is 16.6. The molecule has 1 rings (SSSR count). The maximum absolute atomic E-state index is 5.29. The monoisotopic (exact) mass is 179 g/mol. The van der Waals surface area contributed by atoms with E-state index >= 15 is 0 Å². The number of benzene rings is 1. The van der Waals surface area contributed by atoms with Gasteiger partial charge in [0, 0.05) is 0 Å². The number of hydrogen-bond acceptors (Lipinski definition) is 2. The van der Waals surface area contributed by atoms with Gasteiger partial charge >= 0.3 is 0 Å². The molecule has 0 bridgehead atoms. The quantitative estimate of drug-likeness (QED) is 0.554. The number of anilines is 1. The van der Waals surface area contributed by atoms with Crippen molar-refractivity contribution in [3.05, 3.63) is 29.8 Å². The van der Waals surface area contributed by atoms with E-state index in [0.717, 1.165) is 25.1 Å². The summed E-state index contributed by atoms with van der Waals surface area (Å²) in [7, 11) is 0. The second-order valence-corrected chi connectivity index (χ2v) is 3.12. The Hall–Kier alpha value is -1.02. The molecule has 2 heteroatoms. The molecular weight excluding hydrogens is 162 g/mol. The Morgan fingerprint density at radius 1 is 1.31 bits per heavy atom. The molecule has 1 N–H and O–H groups in total. The van der Waals surface area contributed by atoms with Crippen LogP contribution >= 0.6 is 0 Å². The van der Waals surface area contributed by atoms with Gasteiger partial charge in [0.1, 0.15) is 0 Å². The lowest BCUT2D eigenvalue weighted by Gasteiger charge is -2.08. The Labute approximate surface area is 79.9 Å². The molecule has 0 aromatic heterocycles. The van der Waals surface area contributed by atoms with Crippen LogP contribution < -0.4 is 5.48 Å². The summed E-state index contributed by atoms with van der Waals surface area (Å²) in [5, 5.41) is 0. The second kappa shape index (κ2) is 5.60. The topological polar surface area (TPSA) is 21.3 Å². The molecular formula is C11H17NO. The molecule has 0 radical (unpaired) electrons. The Morgan fingerprint density at radius 3 is 2.77 bits per heavy atom. The van der Waals surface area contributed by atoms with Gasteiger partial charge in [0.2, 0.25) is 0 Å². The molecule has 2 nitrogen and oxygen atoms in total. The fourth-order valence-corrected chi connectivity index (χ4v) is 1.03. The number of hydrogen-bond donors (Lipinski definition) is 1. The molecule has 0 saturated carbocycles. The summed E-state index contributed by atoms with van der Waals surface area (Å²) in [6.07, 6.45) is 2.26. The van der Waals surface area contributed by atoms with Crippen LogP contribution in [-0.2, 0) is 4.84 Å². The van der Waals surface area contributed by atoms with Gasteiger partial charge in [-0.05, 0) is 25.0 Å². The van der Waals surface area contributed by atoms with Gasteiger partial charge in [-0.3, -0.25) is 10.3 Å². The molecule has 0 aliphatic heterocycles. The van der Waals surface area contributed by atoms with Crippen LogP contribution in [-0.4, -0.2) is 6.61 Å². The van der Waals surface area contributed by atoms with Crippen LogP contribution in [0.5, 0.6) is 0 Å². The summed E-state index contributed by atoms with van der Waals surface area (Å²) >= 11 is 0. The molecule has 1 aromatic rings. The number of unbranched alkanes of at least 4 members (excludes halogenated alkanes) is 1. The van der Waals surface area contributed by atoms with Crippen LogP contribution in [0.25, 0.3) is 0 Å². The highest BCUT2D eigenvalue weighted by Gasteiger charge is 1.94. The summed E-state index contributed by atoms with van der Waals surface area (Å²) in [5.41, 5.74) is 5.21. The molecule has 72 valence electrons. The number of rotatable bonds is 5. The average molecular weight is 179 g/mol.